The van der Waals surface area contributed by atoms with Gasteiger partial charge in [0.15, 0.2) is 0 Å². The van der Waals surface area contributed by atoms with Crippen LogP contribution in [0.25, 0.3) is 0 Å². The molecular weight excluding hydrogens is 234 g/mol. The molecule has 0 saturated carbocycles. The molecule has 0 spiro atoms. The summed E-state index contributed by atoms with van der Waals surface area (Å²) in [6.45, 7) is 11.0. The molecule has 0 radical (unpaired) electrons. The summed E-state index contributed by atoms with van der Waals surface area (Å²) in [5.74, 6) is 2.06. The summed E-state index contributed by atoms with van der Waals surface area (Å²) in [4.78, 5) is 0. The van der Waals surface area contributed by atoms with E-state index in [2.05, 4.69) is 39.8 Å². The number of nitrogens with two attached hydrogens (primary N) is 1. The molecule has 2 heteroatoms. The van der Waals surface area contributed by atoms with Crippen molar-refractivity contribution >= 4 is 0 Å². The highest BCUT2D eigenvalue weighted by Gasteiger charge is 2.19. The summed E-state index contributed by atoms with van der Waals surface area (Å²) in [5, 5.41) is 0. The fourth-order valence-corrected chi connectivity index (χ4v) is 2.37. The van der Waals surface area contributed by atoms with Gasteiger partial charge in [-0.2, -0.15) is 0 Å². The molecule has 1 aromatic carbocycles. The standard InChI is InChI=1S/C17H29NO/c1-7-11(3)15-9-14(13(5)18)10-16(12(4)8-2)17(15)19-6/h9-13H,7-8,18H2,1-6H3. The number of methoxy groups -OCH3 is 1. The summed E-state index contributed by atoms with van der Waals surface area (Å²) in [5.41, 5.74) is 9.90. The van der Waals surface area contributed by atoms with Crippen molar-refractivity contribution < 1.29 is 4.74 Å². The van der Waals surface area contributed by atoms with Gasteiger partial charge in [0, 0.05) is 6.04 Å². The number of ether oxygens (including phenoxy) is 1. The van der Waals surface area contributed by atoms with E-state index in [1.54, 1.807) is 7.11 Å². The van der Waals surface area contributed by atoms with Crippen LogP contribution in [-0.2, 0) is 0 Å². The molecule has 3 unspecified atom stereocenters. The Labute approximate surface area is 118 Å². The predicted molar refractivity (Wildman–Crippen MR) is 83.0 cm³/mol. The first-order valence-electron chi connectivity index (χ1n) is 7.43. The SMILES string of the molecule is CCC(C)c1cc(C(C)N)cc(C(C)CC)c1OC. The number of hydrogen-bond acceptors (Lipinski definition) is 2. The van der Waals surface area contributed by atoms with Crippen LogP contribution in [0.2, 0.25) is 0 Å². The molecule has 0 aliphatic heterocycles. The van der Waals surface area contributed by atoms with Crippen molar-refractivity contribution in [1.82, 2.24) is 0 Å². The molecule has 1 rings (SSSR count). The van der Waals surface area contributed by atoms with Gasteiger partial charge < -0.3 is 10.5 Å². The monoisotopic (exact) mass is 263 g/mol. The highest BCUT2D eigenvalue weighted by molar-refractivity contribution is 5.48. The van der Waals surface area contributed by atoms with Crippen molar-refractivity contribution in [2.45, 2.75) is 65.3 Å². The van der Waals surface area contributed by atoms with Gasteiger partial charge in [0.05, 0.1) is 7.11 Å². The first kappa shape index (κ1) is 16.0. The van der Waals surface area contributed by atoms with Crippen molar-refractivity contribution in [1.29, 1.82) is 0 Å². The quantitative estimate of drug-likeness (QED) is 0.804. The fraction of sp³-hybridized carbons (Fsp3) is 0.647. The van der Waals surface area contributed by atoms with Gasteiger partial charge in [0.25, 0.3) is 0 Å². The van der Waals surface area contributed by atoms with Gasteiger partial charge in [-0.3, -0.25) is 0 Å². The average Bonchev–Trinajstić information content (AvgIpc) is 2.43. The van der Waals surface area contributed by atoms with Crippen LogP contribution in [0.5, 0.6) is 5.75 Å². The molecule has 0 amide bonds. The van der Waals surface area contributed by atoms with E-state index in [0.29, 0.717) is 11.8 Å². The van der Waals surface area contributed by atoms with E-state index in [9.17, 15) is 0 Å². The first-order chi connectivity index (χ1) is 8.96. The van der Waals surface area contributed by atoms with E-state index in [1.807, 2.05) is 6.92 Å². The number of hydrogen-bond donors (Lipinski definition) is 1. The van der Waals surface area contributed by atoms with E-state index in [4.69, 9.17) is 10.5 Å². The molecular formula is C17H29NO. The lowest BCUT2D eigenvalue weighted by atomic mass is 9.87. The van der Waals surface area contributed by atoms with Crippen LogP contribution in [0, 0.1) is 0 Å². The molecule has 1 aromatic rings. The van der Waals surface area contributed by atoms with Crippen molar-refractivity contribution in [2.24, 2.45) is 5.73 Å². The van der Waals surface area contributed by atoms with Crippen LogP contribution >= 0.6 is 0 Å². The Kier molecular flexibility index (Phi) is 5.86. The summed E-state index contributed by atoms with van der Waals surface area (Å²) in [6, 6.07) is 4.52. The number of rotatable bonds is 6. The maximum atomic E-state index is 6.09. The lowest BCUT2D eigenvalue weighted by Crippen LogP contribution is -2.10. The third kappa shape index (κ3) is 3.50. The normalized spacial score (nSPS) is 15.9. The molecule has 2 N–H and O–H groups in total. The van der Waals surface area contributed by atoms with E-state index in [-0.39, 0.29) is 6.04 Å². The minimum Gasteiger partial charge on any atom is -0.496 e. The fourth-order valence-electron chi connectivity index (χ4n) is 2.37. The van der Waals surface area contributed by atoms with Gasteiger partial charge >= 0.3 is 0 Å². The maximum Gasteiger partial charge on any atom is 0.125 e. The Bertz CT molecular complexity index is 381. The second kappa shape index (κ2) is 6.95. The summed E-state index contributed by atoms with van der Waals surface area (Å²) < 4.78 is 5.72. The maximum absolute atomic E-state index is 6.09. The van der Waals surface area contributed by atoms with Crippen LogP contribution < -0.4 is 10.5 Å². The Morgan fingerprint density at radius 1 is 1.00 bits per heavy atom. The highest BCUT2D eigenvalue weighted by Crippen LogP contribution is 2.38. The van der Waals surface area contributed by atoms with Crippen molar-refractivity contribution in [2.75, 3.05) is 7.11 Å². The van der Waals surface area contributed by atoms with Gasteiger partial charge in [0.1, 0.15) is 5.75 Å². The largest absolute Gasteiger partial charge is 0.496 e. The molecule has 0 bridgehead atoms. The molecule has 3 atom stereocenters. The van der Waals surface area contributed by atoms with Crippen LogP contribution in [0.4, 0.5) is 0 Å². The van der Waals surface area contributed by atoms with Gasteiger partial charge in [-0.05, 0) is 48.3 Å². The van der Waals surface area contributed by atoms with Gasteiger partial charge in [-0.25, -0.2) is 0 Å². The second-order valence-electron chi connectivity index (χ2n) is 5.64. The molecule has 108 valence electrons. The van der Waals surface area contributed by atoms with Crippen LogP contribution in [-0.4, -0.2) is 7.11 Å². The third-order valence-corrected chi connectivity index (χ3v) is 4.19. The Morgan fingerprint density at radius 2 is 1.42 bits per heavy atom. The lowest BCUT2D eigenvalue weighted by molar-refractivity contribution is 0.396. The Balaban J connectivity index is 3.46. The zero-order valence-electron chi connectivity index (χ0n) is 13.3. The summed E-state index contributed by atoms with van der Waals surface area (Å²) in [7, 11) is 1.78. The molecule has 0 saturated heterocycles. The van der Waals surface area contributed by atoms with E-state index in [0.717, 1.165) is 18.6 Å². The highest BCUT2D eigenvalue weighted by atomic mass is 16.5. The Morgan fingerprint density at radius 3 is 1.68 bits per heavy atom. The average molecular weight is 263 g/mol. The topological polar surface area (TPSA) is 35.2 Å². The zero-order valence-corrected chi connectivity index (χ0v) is 13.3. The molecule has 0 heterocycles. The predicted octanol–water partition coefficient (Wildman–Crippen LogP) is 4.74. The zero-order chi connectivity index (χ0) is 14.6. The molecule has 0 aliphatic carbocycles. The van der Waals surface area contributed by atoms with Crippen molar-refractivity contribution in [3.8, 4) is 5.75 Å². The Hall–Kier alpha value is -1.02. The lowest BCUT2D eigenvalue weighted by Gasteiger charge is -2.23. The molecule has 0 aliphatic rings. The molecule has 0 aromatic heterocycles. The van der Waals surface area contributed by atoms with E-state index in [1.165, 1.54) is 16.7 Å². The van der Waals surface area contributed by atoms with E-state index >= 15 is 0 Å². The first-order valence-corrected chi connectivity index (χ1v) is 7.43. The molecule has 0 fully saturated rings. The van der Waals surface area contributed by atoms with Gasteiger partial charge in [-0.15, -0.1) is 0 Å². The molecule has 19 heavy (non-hydrogen) atoms. The molecule has 2 nitrogen and oxygen atoms in total. The van der Waals surface area contributed by atoms with Gasteiger partial charge in [-0.1, -0.05) is 39.8 Å². The minimum absolute atomic E-state index is 0.0662. The van der Waals surface area contributed by atoms with Crippen LogP contribution in [0.15, 0.2) is 12.1 Å². The van der Waals surface area contributed by atoms with Crippen molar-refractivity contribution in [3.63, 3.8) is 0 Å². The van der Waals surface area contributed by atoms with E-state index < -0.39 is 0 Å². The van der Waals surface area contributed by atoms with Crippen molar-refractivity contribution in [3.05, 3.63) is 28.8 Å². The summed E-state index contributed by atoms with van der Waals surface area (Å²) >= 11 is 0. The summed E-state index contributed by atoms with van der Waals surface area (Å²) in [6.07, 6.45) is 2.22. The second-order valence-corrected chi connectivity index (χ2v) is 5.64. The number of benzene rings is 1. The van der Waals surface area contributed by atoms with Crippen LogP contribution in [0.3, 0.4) is 0 Å². The minimum atomic E-state index is 0.0662. The van der Waals surface area contributed by atoms with Crippen LogP contribution in [0.1, 0.15) is 82.0 Å². The third-order valence-electron chi connectivity index (χ3n) is 4.19. The smallest absolute Gasteiger partial charge is 0.125 e. The van der Waals surface area contributed by atoms with Gasteiger partial charge in [0.2, 0.25) is 0 Å².